The van der Waals surface area contributed by atoms with Gasteiger partial charge in [-0.25, -0.2) is 8.42 Å². The summed E-state index contributed by atoms with van der Waals surface area (Å²) in [4.78, 5) is 12.1. The molecule has 0 heterocycles. The predicted octanol–water partition coefficient (Wildman–Crippen LogP) is 3.86. The molecule has 0 unspecified atom stereocenters. The number of anilines is 1. The number of carbonyl (C=O) groups excluding carboxylic acids is 1. The van der Waals surface area contributed by atoms with E-state index in [9.17, 15) is 13.2 Å². The number of aryl methyl sites for hydroxylation is 1. The number of benzene rings is 2. The molecule has 7 heteroatoms. The minimum Gasteiger partial charge on any atom is -0.491 e. The first-order valence-corrected chi connectivity index (χ1v) is 12.1. The highest BCUT2D eigenvalue weighted by molar-refractivity contribution is 7.92. The summed E-state index contributed by atoms with van der Waals surface area (Å²) in [7, 11) is -3.41. The fraction of sp³-hybridized carbons (Fsp3) is 0.435. The van der Waals surface area contributed by atoms with Crippen LogP contribution in [0, 0.1) is 6.92 Å². The van der Waals surface area contributed by atoms with Gasteiger partial charge >= 0.3 is 0 Å². The second-order valence-electron chi connectivity index (χ2n) is 7.67. The van der Waals surface area contributed by atoms with Crippen LogP contribution in [0.1, 0.15) is 43.7 Å². The zero-order chi connectivity index (χ0) is 22.1. The Morgan fingerprint density at radius 2 is 1.87 bits per heavy atom. The van der Waals surface area contributed by atoms with Crippen molar-refractivity contribution in [3.05, 3.63) is 59.7 Å². The van der Waals surface area contributed by atoms with E-state index in [-0.39, 0.29) is 18.9 Å². The summed E-state index contributed by atoms with van der Waals surface area (Å²) in [5.74, 6) is 1.08. The molecular formula is C23H32N2O4S. The molecule has 6 nitrogen and oxygen atoms in total. The minimum atomic E-state index is -3.41. The molecule has 0 aliphatic rings. The number of hydrogen-bond donors (Lipinski definition) is 1. The molecule has 0 saturated carbocycles. The van der Waals surface area contributed by atoms with E-state index in [2.05, 4.69) is 19.2 Å². The first-order chi connectivity index (χ1) is 14.2. The Kier molecular flexibility index (Phi) is 8.72. The van der Waals surface area contributed by atoms with Crippen molar-refractivity contribution in [1.82, 2.24) is 5.32 Å². The summed E-state index contributed by atoms with van der Waals surface area (Å²) < 4.78 is 31.4. The van der Waals surface area contributed by atoms with Gasteiger partial charge in [-0.1, -0.05) is 44.2 Å². The molecule has 2 aromatic carbocycles. The van der Waals surface area contributed by atoms with Crippen molar-refractivity contribution < 1.29 is 17.9 Å². The van der Waals surface area contributed by atoms with Gasteiger partial charge < -0.3 is 10.1 Å². The van der Waals surface area contributed by atoms with E-state index < -0.39 is 10.0 Å². The molecule has 2 aromatic rings. The maximum Gasteiger partial charge on any atom is 0.232 e. The molecule has 1 amide bonds. The summed E-state index contributed by atoms with van der Waals surface area (Å²) in [6, 6.07) is 15.2. The van der Waals surface area contributed by atoms with Crippen molar-refractivity contribution in [1.29, 1.82) is 0 Å². The van der Waals surface area contributed by atoms with E-state index in [1.807, 2.05) is 49.4 Å². The Bertz CT molecular complexity index is 942. The average Bonchev–Trinajstić information content (AvgIpc) is 2.67. The lowest BCUT2D eigenvalue weighted by Gasteiger charge is -2.22. The van der Waals surface area contributed by atoms with Crippen LogP contribution in [0.15, 0.2) is 48.5 Å². The average molecular weight is 433 g/mol. The number of nitrogens with zero attached hydrogens (tertiary/aromatic N) is 1. The van der Waals surface area contributed by atoms with E-state index in [1.54, 1.807) is 6.07 Å². The molecule has 0 saturated heterocycles. The number of sulfonamides is 1. The first-order valence-electron chi connectivity index (χ1n) is 10.2. The van der Waals surface area contributed by atoms with Crippen LogP contribution in [-0.2, 0) is 14.8 Å². The van der Waals surface area contributed by atoms with Crippen molar-refractivity contribution in [3.8, 4) is 5.75 Å². The Morgan fingerprint density at radius 1 is 1.13 bits per heavy atom. The summed E-state index contributed by atoms with van der Waals surface area (Å²) in [5, 5.41) is 2.83. The van der Waals surface area contributed by atoms with Crippen LogP contribution in [0.3, 0.4) is 0 Å². The van der Waals surface area contributed by atoms with Gasteiger partial charge in [-0.15, -0.1) is 0 Å². The van der Waals surface area contributed by atoms with E-state index in [4.69, 9.17) is 4.74 Å². The third-order valence-corrected chi connectivity index (χ3v) is 5.87. The Hall–Kier alpha value is -2.54. The second-order valence-corrected chi connectivity index (χ2v) is 9.58. The lowest BCUT2D eigenvalue weighted by atomic mass is 10.0. The quantitative estimate of drug-likeness (QED) is 0.547. The molecule has 0 atom stereocenters. The zero-order valence-corrected chi connectivity index (χ0v) is 19.0. The molecule has 0 radical (unpaired) electrons. The molecule has 0 aromatic heterocycles. The van der Waals surface area contributed by atoms with Gasteiger partial charge in [0.25, 0.3) is 0 Å². The van der Waals surface area contributed by atoms with Crippen LogP contribution >= 0.6 is 0 Å². The molecule has 0 aliphatic heterocycles. The highest BCUT2D eigenvalue weighted by atomic mass is 32.2. The first kappa shape index (κ1) is 23.7. The molecule has 30 heavy (non-hydrogen) atoms. The predicted molar refractivity (Wildman–Crippen MR) is 122 cm³/mol. The third kappa shape index (κ3) is 7.37. The topological polar surface area (TPSA) is 75.7 Å². The molecular weight excluding hydrogens is 400 g/mol. The number of rotatable bonds is 11. The molecule has 0 spiro atoms. The molecule has 1 N–H and O–H groups in total. The lowest BCUT2D eigenvalue weighted by molar-refractivity contribution is -0.121. The van der Waals surface area contributed by atoms with Crippen LogP contribution in [0.25, 0.3) is 0 Å². The lowest BCUT2D eigenvalue weighted by Crippen LogP contribution is -2.33. The van der Waals surface area contributed by atoms with Gasteiger partial charge in [0, 0.05) is 13.0 Å². The summed E-state index contributed by atoms with van der Waals surface area (Å²) in [6.07, 6.45) is 1.87. The van der Waals surface area contributed by atoms with Crippen LogP contribution in [0.4, 0.5) is 5.69 Å². The number of carbonyl (C=O) groups is 1. The van der Waals surface area contributed by atoms with Crippen LogP contribution in [-0.4, -0.2) is 40.3 Å². The highest BCUT2D eigenvalue weighted by Gasteiger charge is 2.17. The smallest absolute Gasteiger partial charge is 0.232 e. The summed E-state index contributed by atoms with van der Waals surface area (Å²) in [6.45, 7) is 7.18. The zero-order valence-electron chi connectivity index (χ0n) is 18.2. The molecule has 164 valence electrons. The molecule has 2 rings (SSSR count). The summed E-state index contributed by atoms with van der Waals surface area (Å²) in [5.41, 5.74) is 2.74. The Labute approximate surface area is 180 Å². The fourth-order valence-corrected chi connectivity index (χ4v) is 4.14. The molecule has 0 aliphatic carbocycles. The number of hydrogen-bond acceptors (Lipinski definition) is 4. The van der Waals surface area contributed by atoms with E-state index in [1.165, 1.54) is 10.6 Å². The van der Waals surface area contributed by atoms with Crippen molar-refractivity contribution in [2.45, 2.75) is 39.5 Å². The second kappa shape index (κ2) is 11.0. The normalized spacial score (nSPS) is 11.4. The van der Waals surface area contributed by atoms with Gasteiger partial charge in [-0.05, 0) is 48.6 Å². The standard InChI is InChI=1S/C23H32N2O4S/c1-18(2)21-11-5-6-12-22(21)29-16-14-24-23(26)13-8-15-25(30(4,27)28)20-10-7-9-19(3)17-20/h5-7,9-12,17-18H,8,13-16H2,1-4H3,(H,24,26). The van der Waals surface area contributed by atoms with Crippen molar-refractivity contribution in [3.63, 3.8) is 0 Å². The van der Waals surface area contributed by atoms with E-state index in [0.29, 0.717) is 31.2 Å². The van der Waals surface area contributed by atoms with Crippen LogP contribution in [0.5, 0.6) is 5.75 Å². The monoisotopic (exact) mass is 432 g/mol. The number of nitrogens with one attached hydrogen (secondary N) is 1. The largest absolute Gasteiger partial charge is 0.491 e. The Morgan fingerprint density at radius 3 is 2.53 bits per heavy atom. The SMILES string of the molecule is Cc1cccc(N(CCCC(=O)NCCOc2ccccc2C(C)C)S(C)(=O)=O)c1. The maximum absolute atomic E-state index is 12.1. The molecule has 0 bridgehead atoms. The number of para-hydroxylation sites is 1. The summed E-state index contributed by atoms with van der Waals surface area (Å²) >= 11 is 0. The highest BCUT2D eigenvalue weighted by Crippen LogP contribution is 2.25. The van der Waals surface area contributed by atoms with E-state index in [0.717, 1.165) is 16.9 Å². The van der Waals surface area contributed by atoms with Crippen LogP contribution < -0.4 is 14.4 Å². The number of amides is 1. The van der Waals surface area contributed by atoms with Crippen LogP contribution in [0.2, 0.25) is 0 Å². The number of ether oxygens (including phenoxy) is 1. The van der Waals surface area contributed by atoms with Gasteiger partial charge in [0.2, 0.25) is 15.9 Å². The minimum absolute atomic E-state index is 0.117. The van der Waals surface area contributed by atoms with Crippen molar-refractivity contribution >= 4 is 21.6 Å². The van der Waals surface area contributed by atoms with Gasteiger partial charge in [0.1, 0.15) is 12.4 Å². The Balaban J connectivity index is 1.77. The van der Waals surface area contributed by atoms with E-state index >= 15 is 0 Å². The fourth-order valence-electron chi connectivity index (χ4n) is 3.18. The van der Waals surface area contributed by atoms with Gasteiger partial charge in [-0.3, -0.25) is 9.10 Å². The van der Waals surface area contributed by atoms with Crippen molar-refractivity contribution in [2.24, 2.45) is 0 Å². The van der Waals surface area contributed by atoms with Gasteiger partial charge in [0.15, 0.2) is 0 Å². The van der Waals surface area contributed by atoms with Crippen molar-refractivity contribution in [2.75, 3.05) is 30.3 Å². The molecule has 0 fully saturated rings. The maximum atomic E-state index is 12.1. The van der Waals surface area contributed by atoms with Gasteiger partial charge in [0.05, 0.1) is 18.5 Å². The van der Waals surface area contributed by atoms with Gasteiger partial charge in [-0.2, -0.15) is 0 Å². The third-order valence-electron chi connectivity index (χ3n) is 4.68.